The van der Waals surface area contributed by atoms with Gasteiger partial charge in [0.2, 0.25) is 5.91 Å². The lowest BCUT2D eigenvalue weighted by atomic mass is 10.1. The Bertz CT molecular complexity index is 937. The molecular formula is C18H22N8O. The van der Waals surface area contributed by atoms with Crippen LogP contribution < -0.4 is 21.3 Å². The maximum atomic E-state index is 11.8. The van der Waals surface area contributed by atoms with Crippen molar-refractivity contribution in [3.63, 3.8) is 0 Å². The van der Waals surface area contributed by atoms with Crippen LogP contribution in [-0.2, 0) is 4.79 Å². The molecule has 0 spiro atoms. The number of hydrogen-bond donors (Lipinski definition) is 5. The molecule has 27 heavy (non-hydrogen) atoms. The third kappa shape index (κ3) is 5.02. The summed E-state index contributed by atoms with van der Waals surface area (Å²) in [6.07, 6.45) is 3.24. The number of nitrogens with zero attached hydrogens (tertiary/aromatic N) is 3. The van der Waals surface area contributed by atoms with E-state index < -0.39 is 0 Å². The van der Waals surface area contributed by atoms with E-state index >= 15 is 0 Å². The molecule has 5 N–H and O–H groups in total. The summed E-state index contributed by atoms with van der Waals surface area (Å²) in [4.78, 5) is 20.5. The van der Waals surface area contributed by atoms with Gasteiger partial charge in [0.25, 0.3) is 0 Å². The number of carbonyl (C=O) groups is 1. The number of benzene rings is 1. The number of nitrogens with one attached hydrogen (secondary N) is 5. The van der Waals surface area contributed by atoms with Crippen LogP contribution in [-0.4, -0.2) is 39.7 Å². The van der Waals surface area contributed by atoms with E-state index in [9.17, 15) is 4.79 Å². The van der Waals surface area contributed by atoms with Gasteiger partial charge in [-0.25, -0.2) is 4.98 Å². The number of anilines is 5. The van der Waals surface area contributed by atoms with E-state index in [1.54, 1.807) is 19.4 Å². The van der Waals surface area contributed by atoms with E-state index in [2.05, 4.69) is 41.4 Å². The number of hydrogen-bond acceptors (Lipinski definition) is 7. The van der Waals surface area contributed by atoms with Crippen molar-refractivity contribution >= 4 is 34.7 Å². The van der Waals surface area contributed by atoms with Crippen molar-refractivity contribution in [2.45, 2.75) is 13.8 Å². The lowest BCUT2D eigenvalue weighted by molar-refractivity contribution is -0.115. The number of carbonyl (C=O) groups excluding carboxylic acids is 1. The molecule has 3 rings (SSSR count). The predicted octanol–water partition coefficient (Wildman–Crippen LogP) is 2.46. The summed E-state index contributed by atoms with van der Waals surface area (Å²) in [5, 5.41) is 19.0. The summed E-state index contributed by atoms with van der Waals surface area (Å²) in [7, 11) is 1.73. The number of H-pyrrole nitrogens is 1. The van der Waals surface area contributed by atoms with Gasteiger partial charge in [0.1, 0.15) is 0 Å². The largest absolute Gasteiger partial charge is 0.339 e. The van der Waals surface area contributed by atoms with Crippen LogP contribution in [0.4, 0.5) is 28.8 Å². The summed E-state index contributed by atoms with van der Waals surface area (Å²) in [6, 6.07) is 7.59. The lowest BCUT2D eigenvalue weighted by Gasteiger charge is -2.12. The van der Waals surface area contributed by atoms with Crippen molar-refractivity contribution in [2.75, 3.05) is 29.5 Å². The Hall–Kier alpha value is -3.46. The van der Waals surface area contributed by atoms with Crippen LogP contribution >= 0.6 is 0 Å². The molecule has 0 aliphatic heterocycles. The number of aromatic amines is 1. The van der Waals surface area contributed by atoms with Gasteiger partial charge < -0.3 is 21.3 Å². The van der Waals surface area contributed by atoms with Crippen LogP contribution in [0, 0.1) is 13.8 Å². The Kier molecular flexibility index (Phi) is 5.62. The summed E-state index contributed by atoms with van der Waals surface area (Å²) >= 11 is 0. The van der Waals surface area contributed by atoms with Crippen molar-refractivity contribution in [1.82, 2.24) is 25.5 Å². The Morgan fingerprint density at radius 1 is 1.07 bits per heavy atom. The number of rotatable bonds is 7. The quantitative estimate of drug-likeness (QED) is 0.436. The van der Waals surface area contributed by atoms with E-state index in [-0.39, 0.29) is 12.5 Å². The first-order valence-electron chi connectivity index (χ1n) is 8.46. The number of aryl methyl sites for hydroxylation is 2. The van der Waals surface area contributed by atoms with Crippen LogP contribution in [0.25, 0.3) is 0 Å². The van der Waals surface area contributed by atoms with Gasteiger partial charge in [-0.3, -0.25) is 14.9 Å². The van der Waals surface area contributed by atoms with E-state index in [4.69, 9.17) is 0 Å². The van der Waals surface area contributed by atoms with Crippen LogP contribution in [0.15, 0.2) is 36.7 Å². The second-order valence-electron chi connectivity index (χ2n) is 6.08. The minimum Gasteiger partial charge on any atom is -0.339 e. The van der Waals surface area contributed by atoms with Gasteiger partial charge in [-0.05, 0) is 38.6 Å². The second kappa shape index (κ2) is 8.28. The molecule has 9 nitrogen and oxygen atoms in total. The molecule has 0 bridgehead atoms. The smallest absolute Gasteiger partial charge is 0.238 e. The molecule has 0 unspecified atom stereocenters. The minimum absolute atomic E-state index is 0.0990. The zero-order chi connectivity index (χ0) is 19.2. The average Bonchev–Trinajstić information content (AvgIpc) is 3.03. The van der Waals surface area contributed by atoms with E-state index in [0.717, 1.165) is 22.6 Å². The van der Waals surface area contributed by atoms with E-state index in [1.807, 2.05) is 38.1 Å². The molecule has 0 fully saturated rings. The maximum Gasteiger partial charge on any atom is 0.238 e. The Labute approximate surface area is 157 Å². The van der Waals surface area contributed by atoms with Gasteiger partial charge in [0, 0.05) is 23.1 Å². The van der Waals surface area contributed by atoms with Crippen molar-refractivity contribution in [3.05, 3.63) is 47.9 Å². The highest BCUT2D eigenvalue weighted by atomic mass is 16.1. The third-order valence-electron chi connectivity index (χ3n) is 3.72. The van der Waals surface area contributed by atoms with Gasteiger partial charge in [0.15, 0.2) is 17.5 Å². The van der Waals surface area contributed by atoms with Crippen molar-refractivity contribution in [3.8, 4) is 0 Å². The first kappa shape index (κ1) is 18.3. The highest BCUT2D eigenvalue weighted by molar-refractivity contribution is 5.93. The molecule has 0 saturated carbocycles. The average molecular weight is 366 g/mol. The standard InChI is InChI=1S/C18H22N8O/c1-11-4-5-13(7-14(11)22-18(27)10-19-3)21-16-8-20-9-17(24-16)23-15-6-12(2)25-26-15/h4-9,19H,10H2,1-3H3,(H,22,27)(H3,21,23,24,25,26). The molecule has 0 saturated heterocycles. The van der Waals surface area contributed by atoms with Crippen molar-refractivity contribution in [1.29, 1.82) is 0 Å². The summed E-state index contributed by atoms with van der Waals surface area (Å²) in [6.45, 7) is 4.12. The normalized spacial score (nSPS) is 10.5. The maximum absolute atomic E-state index is 11.8. The summed E-state index contributed by atoms with van der Waals surface area (Å²) in [5.41, 5.74) is 3.46. The molecule has 1 amide bonds. The fourth-order valence-corrected chi connectivity index (χ4v) is 2.44. The predicted molar refractivity (Wildman–Crippen MR) is 106 cm³/mol. The number of aromatic nitrogens is 4. The van der Waals surface area contributed by atoms with Crippen LogP contribution in [0.3, 0.4) is 0 Å². The summed E-state index contributed by atoms with van der Waals surface area (Å²) < 4.78 is 0. The molecule has 0 aliphatic rings. The highest BCUT2D eigenvalue weighted by Gasteiger charge is 2.07. The molecule has 9 heteroatoms. The third-order valence-corrected chi connectivity index (χ3v) is 3.72. The Morgan fingerprint density at radius 3 is 2.56 bits per heavy atom. The zero-order valence-corrected chi connectivity index (χ0v) is 15.4. The molecule has 2 heterocycles. The highest BCUT2D eigenvalue weighted by Crippen LogP contribution is 2.23. The Balaban J connectivity index is 1.73. The molecular weight excluding hydrogens is 344 g/mol. The lowest BCUT2D eigenvalue weighted by Crippen LogP contribution is -2.25. The van der Waals surface area contributed by atoms with E-state index in [0.29, 0.717) is 17.5 Å². The molecule has 3 aromatic rings. The van der Waals surface area contributed by atoms with Gasteiger partial charge >= 0.3 is 0 Å². The Morgan fingerprint density at radius 2 is 1.85 bits per heavy atom. The molecule has 2 aromatic heterocycles. The first-order chi connectivity index (χ1) is 13.0. The summed E-state index contributed by atoms with van der Waals surface area (Å²) in [5.74, 6) is 1.71. The van der Waals surface area contributed by atoms with Gasteiger partial charge in [-0.2, -0.15) is 5.10 Å². The van der Waals surface area contributed by atoms with Gasteiger partial charge in [-0.1, -0.05) is 6.07 Å². The van der Waals surface area contributed by atoms with Crippen LogP contribution in [0.5, 0.6) is 0 Å². The fourth-order valence-electron chi connectivity index (χ4n) is 2.44. The van der Waals surface area contributed by atoms with Crippen molar-refractivity contribution < 1.29 is 4.79 Å². The minimum atomic E-state index is -0.0990. The van der Waals surface area contributed by atoms with Gasteiger partial charge in [-0.15, -0.1) is 0 Å². The van der Waals surface area contributed by atoms with Crippen molar-refractivity contribution in [2.24, 2.45) is 0 Å². The second-order valence-corrected chi connectivity index (χ2v) is 6.08. The fraction of sp³-hybridized carbons (Fsp3) is 0.222. The zero-order valence-electron chi connectivity index (χ0n) is 15.4. The molecule has 0 radical (unpaired) electrons. The molecule has 1 aromatic carbocycles. The van der Waals surface area contributed by atoms with E-state index in [1.165, 1.54) is 0 Å². The molecule has 0 atom stereocenters. The van der Waals surface area contributed by atoms with Gasteiger partial charge in [0.05, 0.1) is 18.9 Å². The first-order valence-corrected chi connectivity index (χ1v) is 8.46. The van der Waals surface area contributed by atoms with Crippen LogP contribution in [0.2, 0.25) is 0 Å². The SMILES string of the molecule is CNCC(=O)Nc1cc(Nc2cncc(Nc3cc(C)[nH]n3)n2)ccc1C. The topological polar surface area (TPSA) is 120 Å². The number of amides is 1. The van der Waals surface area contributed by atoms with Crippen LogP contribution in [0.1, 0.15) is 11.3 Å². The molecule has 0 aliphatic carbocycles. The number of likely N-dealkylation sites (N-methyl/N-ethyl adjacent to an activating group) is 1. The molecule has 140 valence electrons. The monoisotopic (exact) mass is 366 g/mol.